The van der Waals surface area contributed by atoms with Crippen molar-refractivity contribution in [3.63, 3.8) is 0 Å². The molecule has 0 fully saturated rings. The normalized spacial score (nSPS) is 10.8. The first-order valence-corrected chi connectivity index (χ1v) is 5.20. The Morgan fingerprint density at radius 2 is 1.75 bits per heavy atom. The highest BCUT2D eigenvalue weighted by Crippen LogP contribution is 2.21. The van der Waals surface area contributed by atoms with Crippen molar-refractivity contribution < 1.29 is 0 Å². The number of hydrogen-bond donors (Lipinski definition) is 1. The first-order valence-electron chi connectivity index (χ1n) is 5.20. The minimum absolute atomic E-state index is 0.832. The molecule has 78 valence electrons. The van der Waals surface area contributed by atoms with Crippen molar-refractivity contribution in [3.8, 4) is 11.3 Å². The van der Waals surface area contributed by atoms with Crippen molar-refractivity contribution in [2.75, 3.05) is 0 Å². The van der Waals surface area contributed by atoms with E-state index in [1.165, 1.54) is 5.56 Å². The van der Waals surface area contributed by atoms with Gasteiger partial charge in [0.15, 0.2) is 5.65 Å². The Kier molecular flexibility index (Phi) is 1.96. The molecule has 3 rings (SSSR count). The Hall–Kier alpha value is -2.16. The molecule has 0 unspecified atom stereocenters. The van der Waals surface area contributed by atoms with E-state index in [1.807, 2.05) is 6.07 Å². The maximum absolute atomic E-state index is 4.25. The summed E-state index contributed by atoms with van der Waals surface area (Å²) in [5.74, 6) is 0. The van der Waals surface area contributed by atoms with Crippen LogP contribution in [0.15, 0.2) is 42.7 Å². The number of fused-ring (bicyclic) bond motifs is 1. The van der Waals surface area contributed by atoms with Crippen LogP contribution in [0.1, 0.15) is 5.56 Å². The summed E-state index contributed by atoms with van der Waals surface area (Å²) >= 11 is 0. The van der Waals surface area contributed by atoms with Crippen LogP contribution in [-0.4, -0.2) is 15.0 Å². The van der Waals surface area contributed by atoms with E-state index in [0.717, 1.165) is 22.4 Å². The van der Waals surface area contributed by atoms with Crippen LogP contribution in [0, 0.1) is 6.92 Å². The fraction of sp³-hybridized carbons (Fsp3) is 0.0769. The van der Waals surface area contributed by atoms with Gasteiger partial charge in [-0.3, -0.25) is 4.98 Å². The molecule has 0 aliphatic rings. The number of rotatable bonds is 1. The Balaban J connectivity index is 2.15. The Labute approximate surface area is 93.2 Å². The molecule has 3 heteroatoms. The number of aryl methyl sites for hydroxylation is 1. The second kappa shape index (κ2) is 3.45. The van der Waals surface area contributed by atoms with Crippen molar-refractivity contribution in [1.82, 2.24) is 15.0 Å². The van der Waals surface area contributed by atoms with E-state index in [1.54, 1.807) is 12.4 Å². The van der Waals surface area contributed by atoms with Gasteiger partial charge in [-0.05, 0) is 18.6 Å². The average Bonchev–Trinajstić information content (AvgIpc) is 2.73. The molecule has 3 nitrogen and oxygen atoms in total. The van der Waals surface area contributed by atoms with E-state index < -0.39 is 0 Å². The van der Waals surface area contributed by atoms with Crippen molar-refractivity contribution in [2.24, 2.45) is 0 Å². The molecule has 0 bridgehead atoms. The number of benzene rings is 1. The number of aromatic nitrogens is 3. The van der Waals surface area contributed by atoms with Crippen LogP contribution in [0.25, 0.3) is 22.4 Å². The number of nitrogens with one attached hydrogen (secondary N) is 1. The average molecular weight is 209 g/mol. The van der Waals surface area contributed by atoms with Gasteiger partial charge in [-0.2, -0.15) is 0 Å². The fourth-order valence-electron chi connectivity index (χ4n) is 1.74. The molecule has 2 aromatic heterocycles. The summed E-state index contributed by atoms with van der Waals surface area (Å²) in [6.07, 6.45) is 3.40. The summed E-state index contributed by atoms with van der Waals surface area (Å²) in [7, 11) is 0. The number of nitrogens with zero attached hydrogens (tertiary/aromatic N) is 2. The predicted molar refractivity (Wildman–Crippen MR) is 64.1 cm³/mol. The third-order valence-corrected chi connectivity index (χ3v) is 2.62. The quantitative estimate of drug-likeness (QED) is 0.669. The monoisotopic (exact) mass is 209 g/mol. The van der Waals surface area contributed by atoms with Gasteiger partial charge >= 0.3 is 0 Å². The standard InChI is InChI=1S/C13H11N3/c1-9-2-4-10(5-3-9)11-8-12-13(16-11)15-7-6-14-12/h2-8H,1H3,(H,15,16). The van der Waals surface area contributed by atoms with Gasteiger partial charge in [0, 0.05) is 18.1 Å². The Morgan fingerprint density at radius 1 is 1.00 bits per heavy atom. The van der Waals surface area contributed by atoms with Gasteiger partial charge in [0.25, 0.3) is 0 Å². The summed E-state index contributed by atoms with van der Waals surface area (Å²) in [4.78, 5) is 11.7. The molecule has 3 aromatic rings. The van der Waals surface area contributed by atoms with Crippen LogP contribution in [0.5, 0.6) is 0 Å². The van der Waals surface area contributed by atoms with Crippen molar-refractivity contribution >= 4 is 11.2 Å². The lowest BCUT2D eigenvalue weighted by molar-refractivity contribution is 1.26. The predicted octanol–water partition coefficient (Wildman–Crippen LogP) is 2.93. The Morgan fingerprint density at radius 3 is 2.50 bits per heavy atom. The van der Waals surface area contributed by atoms with Crippen LogP contribution in [-0.2, 0) is 0 Å². The van der Waals surface area contributed by atoms with E-state index >= 15 is 0 Å². The molecule has 0 saturated heterocycles. The molecular weight excluding hydrogens is 198 g/mol. The largest absolute Gasteiger partial charge is 0.338 e. The maximum Gasteiger partial charge on any atom is 0.156 e. The van der Waals surface area contributed by atoms with Gasteiger partial charge in [0.2, 0.25) is 0 Å². The van der Waals surface area contributed by atoms with E-state index in [0.29, 0.717) is 0 Å². The topological polar surface area (TPSA) is 41.6 Å². The minimum Gasteiger partial charge on any atom is -0.338 e. The summed E-state index contributed by atoms with van der Waals surface area (Å²) in [6.45, 7) is 2.08. The van der Waals surface area contributed by atoms with Crippen LogP contribution >= 0.6 is 0 Å². The summed E-state index contributed by atoms with van der Waals surface area (Å²) in [6, 6.07) is 10.4. The highest BCUT2D eigenvalue weighted by atomic mass is 14.9. The van der Waals surface area contributed by atoms with Crippen LogP contribution in [0.4, 0.5) is 0 Å². The van der Waals surface area contributed by atoms with E-state index in [-0.39, 0.29) is 0 Å². The fourth-order valence-corrected chi connectivity index (χ4v) is 1.74. The van der Waals surface area contributed by atoms with E-state index in [9.17, 15) is 0 Å². The lowest BCUT2D eigenvalue weighted by Gasteiger charge is -1.97. The molecule has 0 aliphatic carbocycles. The SMILES string of the molecule is Cc1ccc(-c2cc3nccnc3[nH]2)cc1. The van der Waals surface area contributed by atoms with Gasteiger partial charge < -0.3 is 4.98 Å². The summed E-state index contributed by atoms with van der Waals surface area (Å²) in [5, 5.41) is 0. The second-order valence-electron chi connectivity index (χ2n) is 3.84. The summed E-state index contributed by atoms with van der Waals surface area (Å²) < 4.78 is 0. The molecule has 0 amide bonds. The van der Waals surface area contributed by atoms with Gasteiger partial charge in [-0.1, -0.05) is 29.8 Å². The molecule has 0 saturated carbocycles. The summed E-state index contributed by atoms with van der Waals surface area (Å²) in [5.41, 5.74) is 5.21. The maximum atomic E-state index is 4.25. The van der Waals surface area contributed by atoms with E-state index in [2.05, 4.69) is 46.1 Å². The molecule has 0 spiro atoms. The van der Waals surface area contributed by atoms with Gasteiger partial charge in [-0.15, -0.1) is 0 Å². The van der Waals surface area contributed by atoms with Crippen molar-refractivity contribution in [2.45, 2.75) is 6.92 Å². The number of hydrogen-bond acceptors (Lipinski definition) is 2. The molecule has 16 heavy (non-hydrogen) atoms. The lowest BCUT2D eigenvalue weighted by Crippen LogP contribution is -1.78. The Bertz CT molecular complexity index is 590. The molecular formula is C13H11N3. The smallest absolute Gasteiger partial charge is 0.156 e. The van der Waals surface area contributed by atoms with Crippen LogP contribution in [0.3, 0.4) is 0 Å². The van der Waals surface area contributed by atoms with Crippen LogP contribution < -0.4 is 0 Å². The van der Waals surface area contributed by atoms with Crippen LogP contribution in [0.2, 0.25) is 0 Å². The highest BCUT2D eigenvalue weighted by Gasteiger charge is 2.03. The van der Waals surface area contributed by atoms with Gasteiger partial charge in [0.05, 0.1) is 0 Å². The van der Waals surface area contributed by atoms with Crippen molar-refractivity contribution in [3.05, 3.63) is 48.3 Å². The third-order valence-electron chi connectivity index (χ3n) is 2.62. The first-order chi connectivity index (χ1) is 7.83. The molecule has 0 aliphatic heterocycles. The van der Waals surface area contributed by atoms with E-state index in [4.69, 9.17) is 0 Å². The molecule has 1 aromatic carbocycles. The minimum atomic E-state index is 0.832. The zero-order valence-electron chi connectivity index (χ0n) is 8.94. The lowest BCUT2D eigenvalue weighted by atomic mass is 10.1. The third kappa shape index (κ3) is 1.46. The first kappa shape index (κ1) is 9.09. The second-order valence-corrected chi connectivity index (χ2v) is 3.84. The molecule has 2 heterocycles. The zero-order valence-corrected chi connectivity index (χ0v) is 8.94. The number of H-pyrrole nitrogens is 1. The van der Waals surface area contributed by atoms with Gasteiger partial charge in [-0.25, -0.2) is 4.98 Å². The van der Waals surface area contributed by atoms with Gasteiger partial charge in [0.1, 0.15) is 5.52 Å². The number of aromatic amines is 1. The molecule has 0 radical (unpaired) electrons. The van der Waals surface area contributed by atoms with Crippen molar-refractivity contribution in [1.29, 1.82) is 0 Å². The molecule has 0 atom stereocenters. The highest BCUT2D eigenvalue weighted by molar-refractivity contribution is 5.79. The zero-order chi connectivity index (χ0) is 11.0. The molecule has 1 N–H and O–H groups in total.